The quantitative estimate of drug-likeness (QED) is 0.873. The van der Waals surface area contributed by atoms with Crippen molar-refractivity contribution < 1.29 is 13.2 Å². The molecule has 0 radical (unpaired) electrons. The fourth-order valence-corrected chi connectivity index (χ4v) is 4.76. The van der Waals surface area contributed by atoms with Crippen LogP contribution < -0.4 is 5.32 Å². The molecule has 2 aromatic rings. The van der Waals surface area contributed by atoms with Crippen molar-refractivity contribution in [2.45, 2.75) is 10.8 Å². The van der Waals surface area contributed by atoms with Crippen molar-refractivity contribution in [3.05, 3.63) is 53.9 Å². The first-order chi connectivity index (χ1) is 12.5. The van der Waals surface area contributed by atoms with E-state index < -0.39 is 15.9 Å². The number of aromatic nitrogens is 1. The zero-order valence-electron chi connectivity index (χ0n) is 14.4. The highest BCUT2D eigenvalue weighted by Crippen LogP contribution is 2.36. The van der Waals surface area contributed by atoms with E-state index in [2.05, 4.69) is 15.2 Å². The van der Waals surface area contributed by atoms with Crippen LogP contribution in [0, 0.1) is 0 Å². The minimum Gasteiger partial charge on any atom is -0.325 e. The summed E-state index contributed by atoms with van der Waals surface area (Å²) in [5.74, 6) is -0.653. The first-order valence-corrected chi connectivity index (χ1v) is 9.95. The van der Waals surface area contributed by atoms with E-state index in [1.54, 1.807) is 12.1 Å². The second kappa shape index (κ2) is 6.46. The summed E-state index contributed by atoms with van der Waals surface area (Å²) < 4.78 is 27.0. The molecule has 1 amide bonds. The fourth-order valence-electron chi connectivity index (χ4n) is 3.39. The van der Waals surface area contributed by atoms with Crippen molar-refractivity contribution in [2.24, 2.45) is 0 Å². The Morgan fingerprint density at radius 1 is 1.08 bits per heavy atom. The molecular formula is C18H20N4O3S. The third-order valence-electron chi connectivity index (χ3n) is 4.95. The molecule has 1 fully saturated rings. The summed E-state index contributed by atoms with van der Waals surface area (Å²) in [6.45, 7) is 2.37. The van der Waals surface area contributed by atoms with Gasteiger partial charge in [0.2, 0.25) is 15.9 Å². The van der Waals surface area contributed by atoms with Crippen LogP contribution in [0.25, 0.3) is 0 Å². The zero-order chi connectivity index (χ0) is 18.3. The number of anilines is 1. The summed E-state index contributed by atoms with van der Waals surface area (Å²) in [4.78, 5) is 18.9. The molecule has 136 valence electrons. The summed E-state index contributed by atoms with van der Waals surface area (Å²) in [5, 5.41) is 2.84. The summed E-state index contributed by atoms with van der Waals surface area (Å²) >= 11 is 0. The molecule has 0 spiro atoms. The molecule has 0 bridgehead atoms. The number of piperazine rings is 1. The van der Waals surface area contributed by atoms with Gasteiger partial charge in [-0.05, 0) is 30.8 Å². The van der Waals surface area contributed by atoms with Gasteiger partial charge in [0.05, 0.1) is 5.69 Å². The molecule has 1 aromatic heterocycles. The molecule has 4 rings (SSSR count). The van der Waals surface area contributed by atoms with Crippen LogP contribution in [0.4, 0.5) is 5.69 Å². The lowest BCUT2D eigenvalue weighted by Crippen LogP contribution is -2.47. The molecule has 3 heterocycles. The predicted molar refractivity (Wildman–Crippen MR) is 97.4 cm³/mol. The number of fused-ring (bicyclic) bond motifs is 1. The van der Waals surface area contributed by atoms with Crippen molar-refractivity contribution in [2.75, 3.05) is 38.5 Å². The second-order valence-corrected chi connectivity index (χ2v) is 8.57. The number of carbonyl (C=O) groups excluding carboxylic acids is 1. The number of para-hydroxylation sites is 1. The number of carbonyl (C=O) groups is 1. The first kappa shape index (κ1) is 17.1. The maximum Gasteiger partial charge on any atom is 0.244 e. The van der Waals surface area contributed by atoms with Gasteiger partial charge in [-0.2, -0.15) is 4.31 Å². The van der Waals surface area contributed by atoms with Crippen molar-refractivity contribution in [1.82, 2.24) is 14.2 Å². The van der Waals surface area contributed by atoms with Crippen molar-refractivity contribution >= 4 is 21.6 Å². The van der Waals surface area contributed by atoms with Gasteiger partial charge in [-0.1, -0.05) is 18.2 Å². The molecule has 2 aliphatic rings. The second-order valence-electron chi connectivity index (χ2n) is 6.64. The number of pyridine rings is 1. The van der Waals surface area contributed by atoms with Gasteiger partial charge in [0.25, 0.3) is 0 Å². The smallest absolute Gasteiger partial charge is 0.244 e. The van der Waals surface area contributed by atoms with Crippen LogP contribution >= 0.6 is 0 Å². The SMILES string of the molecule is CN1CCN(S(=O)(=O)c2ccc(C3C(=O)Nc4ccccc43)nc2)CC1. The average Bonchev–Trinajstić information content (AvgIpc) is 2.98. The van der Waals surface area contributed by atoms with E-state index in [0.717, 1.165) is 11.3 Å². The third-order valence-corrected chi connectivity index (χ3v) is 6.83. The molecule has 0 aliphatic carbocycles. The van der Waals surface area contributed by atoms with Gasteiger partial charge in [0.1, 0.15) is 10.8 Å². The van der Waals surface area contributed by atoms with Crippen LogP contribution in [0.2, 0.25) is 0 Å². The molecule has 1 aromatic carbocycles. The lowest BCUT2D eigenvalue weighted by atomic mass is 9.97. The molecule has 1 saturated heterocycles. The van der Waals surface area contributed by atoms with E-state index >= 15 is 0 Å². The van der Waals surface area contributed by atoms with E-state index in [4.69, 9.17) is 0 Å². The Labute approximate surface area is 152 Å². The van der Waals surface area contributed by atoms with E-state index in [9.17, 15) is 13.2 Å². The molecule has 7 nitrogen and oxygen atoms in total. The Bertz CT molecular complexity index is 935. The van der Waals surface area contributed by atoms with Crippen LogP contribution in [0.3, 0.4) is 0 Å². The number of hydrogen-bond acceptors (Lipinski definition) is 5. The van der Waals surface area contributed by atoms with Gasteiger partial charge < -0.3 is 10.2 Å². The summed E-state index contributed by atoms with van der Waals surface area (Å²) in [6, 6.07) is 10.6. The van der Waals surface area contributed by atoms with Gasteiger partial charge >= 0.3 is 0 Å². The minimum atomic E-state index is -3.56. The Balaban J connectivity index is 1.61. The Kier molecular flexibility index (Phi) is 4.26. The number of nitrogens with one attached hydrogen (secondary N) is 1. The number of sulfonamides is 1. The van der Waals surface area contributed by atoms with E-state index in [1.165, 1.54) is 10.5 Å². The van der Waals surface area contributed by atoms with Gasteiger partial charge in [-0.25, -0.2) is 8.42 Å². The molecule has 1 N–H and O–H groups in total. The van der Waals surface area contributed by atoms with Gasteiger partial charge in [0, 0.05) is 38.1 Å². The monoisotopic (exact) mass is 372 g/mol. The number of benzene rings is 1. The summed E-state index contributed by atoms with van der Waals surface area (Å²) in [7, 11) is -1.58. The Morgan fingerprint density at radius 3 is 2.50 bits per heavy atom. The zero-order valence-corrected chi connectivity index (χ0v) is 15.2. The third kappa shape index (κ3) is 2.90. The standard InChI is InChI=1S/C18H20N4O3S/c1-21-8-10-22(11-9-21)26(24,25)13-6-7-16(19-12-13)17-14-4-2-3-5-15(14)20-18(17)23/h2-7,12,17H,8-11H2,1H3,(H,20,23). The number of amides is 1. The summed E-state index contributed by atoms with van der Waals surface area (Å²) in [5.41, 5.74) is 2.18. The normalized spacial score (nSPS) is 21.4. The minimum absolute atomic E-state index is 0.145. The maximum atomic E-state index is 12.8. The molecule has 26 heavy (non-hydrogen) atoms. The largest absolute Gasteiger partial charge is 0.325 e. The van der Waals surface area contributed by atoms with Crippen molar-refractivity contribution in [3.63, 3.8) is 0 Å². The fraction of sp³-hybridized carbons (Fsp3) is 0.333. The Hall–Kier alpha value is -2.29. The highest BCUT2D eigenvalue weighted by molar-refractivity contribution is 7.89. The van der Waals surface area contributed by atoms with Gasteiger partial charge in [-0.15, -0.1) is 0 Å². The summed E-state index contributed by atoms with van der Waals surface area (Å²) in [6.07, 6.45) is 1.36. The molecule has 1 atom stereocenters. The lowest BCUT2D eigenvalue weighted by molar-refractivity contribution is -0.116. The highest BCUT2D eigenvalue weighted by Gasteiger charge is 2.33. The van der Waals surface area contributed by atoms with Crippen LogP contribution in [0.1, 0.15) is 17.2 Å². The Morgan fingerprint density at radius 2 is 1.81 bits per heavy atom. The maximum absolute atomic E-state index is 12.8. The van der Waals surface area contributed by atoms with Crippen LogP contribution in [-0.4, -0.2) is 61.7 Å². The van der Waals surface area contributed by atoms with Crippen LogP contribution in [0.15, 0.2) is 47.5 Å². The molecule has 2 aliphatic heterocycles. The molecular weight excluding hydrogens is 352 g/mol. The predicted octanol–water partition coefficient (Wildman–Crippen LogP) is 1.10. The van der Waals surface area contributed by atoms with Crippen LogP contribution in [0.5, 0.6) is 0 Å². The number of rotatable bonds is 3. The number of likely N-dealkylation sites (N-methyl/N-ethyl adjacent to an activating group) is 1. The number of hydrogen-bond donors (Lipinski definition) is 1. The van der Waals surface area contributed by atoms with E-state index in [-0.39, 0.29) is 10.8 Å². The van der Waals surface area contributed by atoms with Crippen molar-refractivity contribution in [3.8, 4) is 0 Å². The average molecular weight is 372 g/mol. The van der Waals surface area contributed by atoms with Crippen LogP contribution in [-0.2, 0) is 14.8 Å². The molecule has 1 unspecified atom stereocenters. The van der Waals surface area contributed by atoms with E-state index in [1.807, 2.05) is 31.3 Å². The topological polar surface area (TPSA) is 82.6 Å². The lowest BCUT2D eigenvalue weighted by Gasteiger charge is -2.31. The molecule has 0 saturated carbocycles. The van der Waals surface area contributed by atoms with E-state index in [0.29, 0.717) is 31.9 Å². The first-order valence-electron chi connectivity index (χ1n) is 8.51. The number of nitrogens with zero attached hydrogens (tertiary/aromatic N) is 3. The van der Waals surface area contributed by atoms with Gasteiger partial charge in [0.15, 0.2) is 0 Å². The van der Waals surface area contributed by atoms with Crippen molar-refractivity contribution in [1.29, 1.82) is 0 Å². The highest BCUT2D eigenvalue weighted by atomic mass is 32.2. The molecule has 8 heteroatoms. The van der Waals surface area contributed by atoms with Gasteiger partial charge in [-0.3, -0.25) is 9.78 Å².